The maximum Gasteiger partial charge on any atom is 0.266 e. The lowest BCUT2D eigenvalue weighted by Crippen LogP contribution is -2.24. The summed E-state index contributed by atoms with van der Waals surface area (Å²) >= 11 is -0.537. The molecule has 0 aliphatic carbocycles. The predicted molar refractivity (Wildman–Crippen MR) is 80.4 cm³/mol. The van der Waals surface area contributed by atoms with Gasteiger partial charge in [0, 0.05) is 18.8 Å². The van der Waals surface area contributed by atoms with Gasteiger partial charge in [0.05, 0.1) is 0 Å². The largest absolute Gasteiger partial charge is 0.372 e. The summed E-state index contributed by atoms with van der Waals surface area (Å²) < 4.78 is 0. The summed E-state index contributed by atoms with van der Waals surface area (Å²) in [6.07, 6.45) is 0. The lowest BCUT2D eigenvalue weighted by Gasteiger charge is -2.25. The summed E-state index contributed by atoms with van der Waals surface area (Å²) in [7, 11) is 0. The van der Waals surface area contributed by atoms with Gasteiger partial charge in [-0.25, -0.2) is 0 Å². The van der Waals surface area contributed by atoms with Gasteiger partial charge in [-0.1, -0.05) is 47.9 Å². The van der Waals surface area contributed by atoms with Crippen molar-refractivity contribution in [3.8, 4) is 0 Å². The third-order valence-electron chi connectivity index (χ3n) is 3.76. The number of hydrogen-bond acceptors (Lipinski definition) is 1. The van der Waals surface area contributed by atoms with Crippen LogP contribution < -0.4 is 4.90 Å². The fourth-order valence-electron chi connectivity index (χ4n) is 2.44. The van der Waals surface area contributed by atoms with Crippen LogP contribution in [-0.4, -0.2) is 27.2 Å². The highest BCUT2D eigenvalue weighted by Gasteiger charge is 2.16. The molecule has 0 unspecified atom stereocenters. The van der Waals surface area contributed by atoms with E-state index in [0.29, 0.717) is 0 Å². The van der Waals surface area contributed by atoms with E-state index < -0.39 is 14.1 Å². The SMILES string of the molecule is CCN(CC)c1ccccc1[CH2][Al]([CH2]C)[CH2]C. The van der Waals surface area contributed by atoms with Crippen molar-refractivity contribution in [1.82, 2.24) is 0 Å². The summed E-state index contributed by atoms with van der Waals surface area (Å²) in [6, 6.07) is 8.99. The summed E-state index contributed by atoms with van der Waals surface area (Å²) in [4.78, 5) is 2.48. The molecule has 0 amide bonds. The fraction of sp³-hybridized carbons (Fsp3) is 0.600. The zero-order chi connectivity index (χ0) is 12.7. The quantitative estimate of drug-likeness (QED) is 0.654. The molecule has 94 valence electrons. The van der Waals surface area contributed by atoms with Crippen LogP contribution in [-0.2, 0) is 5.28 Å². The number of nitrogens with zero attached hydrogens (tertiary/aromatic N) is 1. The molecule has 17 heavy (non-hydrogen) atoms. The Labute approximate surface area is 111 Å². The Morgan fingerprint density at radius 2 is 1.53 bits per heavy atom. The number of anilines is 1. The standard InChI is InChI=1S/C11H16N.2C2H5.Al/c1-4-12(5-2)11-9-7-6-8-10(11)3;2*1-2;/h6-9H,3-5H2,1-2H3;2*1H2,2H3;. The second-order valence-electron chi connectivity index (χ2n) is 4.69. The van der Waals surface area contributed by atoms with Crippen molar-refractivity contribution in [2.75, 3.05) is 18.0 Å². The Balaban J connectivity index is 2.90. The molecule has 0 N–H and O–H groups in total. The van der Waals surface area contributed by atoms with Crippen molar-refractivity contribution in [1.29, 1.82) is 0 Å². The molecule has 0 aliphatic heterocycles. The first-order valence-corrected chi connectivity index (χ1v) is 9.54. The molecule has 0 radical (unpaired) electrons. The van der Waals surface area contributed by atoms with Gasteiger partial charge in [-0.15, -0.1) is 0 Å². The van der Waals surface area contributed by atoms with E-state index >= 15 is 0 Å². The summed E-state index contributed by atoms with van der Waals surface area (Å²) in [5.41, 5.74) is 3.05. The van der Waals surface area contributed by atoms with Gasteiger partial charge >= 0.3 is 0 Å². The highest BCUT2D eigenvalue weighted by molar-refractivity contribution is 6.58. The molecule has 0 heterocycles. The Kier molecular flexibility index (Phi) is 6.70. The first-order chi connectivity index (χ1) is 8.26. The fourth-order valence-corrected chi connectivity index (χ4v) is 4.57. The van der Waals surface area contributed by atoms with Gasteiger partial charge in [-0.3, -0.25) is 0 Å². The lowest BCUT2D eigenvalue weighted by atomic mass is 10.2. The molecule has 0 bridgehead atoms. The van der Waals surface area contributed by atoms with E-state index in [-0.39, 0.29) is 0 Å². The third-order valence-corrected chi connectivity index (χ3v) is 7.09. The van der Waals surface area contributed by atoms with Crippen molar-refractivity contribution < 1.29 is 0 Å². The second-order valence-corrected chi connectivity index (χ2v) is 8.46. The normalized spacial score (nSPS) is 10.4. The number of benzene rings is 1. The molecular weight excluding hydrogens is 221 g/mol. The minimum atomic E-state index is -0.537. The van der Waals surface area contributed by atoms with Gasteiger partial charge in [0.2, 0.25) is 0 Å². The minimum absolute atomic E-state index is 0.537. The van der Waals surface area contributed by atoms with Crippen molar-refractivity contribution in [3.05, 3.63) is 29.8 Å². The molecule has 0 saturated carbocycles. The average Bonchev–Trinajstić information content (AvgIpc) is 2.39. The number of para-hydroxylation sites is 1. The molecule has 0 aliphatic rings. The van der Waals surface area contributed by atoms with Crippen LogP contribution >= 0.6 is 0 Å². The summed E-state index contributed by atoms with van der Waals surface area (Å²) in [5.74, 6) is 0. The van der Waals surface area contributed by atoms with Gasteiger partial charge in [-0.05, 0) is 25.5 Å². The Bertz CT molecular complexity index is 316. The van der Waals surface area contributed by atoms with E-state index in [1.165, 1.54) is 21.5 Å². The highest BCUT2D eigenvalue weighted by atomic mass is 27.2. The van der Waals surface area contributed by atoms with E-state index in [1.807, 2.05) is 0 Å². The monoisotopic (exact) mass is 247 g/mol. The summed E-state index contributed by atoms with van der Waals surface area (Å²) in [5, 5.41) is 4.20. The van der Waals surface area contributed by atoms with E-state index in [4.69, 9.17) is 0 Å². The van der Waals surface area contributed by atoms with E-state index in [1.54, 1.807) is 5.56 Å². The Morgan fingerprint density at radius 3 is 2.06 bits per heavy atom. The van der Waals surface area contributed by atoms with E-state index in [2.05, 4.69) is 56.9 Å². The first kappa shape index (κ1) is 14.6. The molecular formula is C15H26AlN. The predicted octanol–water partition coefficient (Wildman–Crippen LogP) is 4.15. The van der Waals surface area contributed by atoms with Gasteiger partial charge in [0.25, 0.3) is 14.1 Å². The molecule has 0 saturated heterocycles. The molecule has 0 aromatic heterocycles. The maximum absolute atomic E-state index is 2.48. The van der Waals surface area contributed by atoms with E-state index in [0.717, 1.165) is 13.1 Å². The highest BCUT2D eigenvalue weighted by Crippen LogP contribution is 2.22. The molecule has 0 atom stereocenters. The Hall–Kier alpha value is -0.448. The number of rotatable bonds is 7. The molecule has 1 rings (SSSR count). The van der Waals surface area contributed by atoms with Gasteiger partial charge in [-0.2, -0.15) is 0 Å². The molecule has 1 nitrogen and oxygen atoms in total. The van der Waals surface area contributed by atoms with Gasteiger partial charge in [0.15, 0.2) is 0 Å². The van der Waals surface area contributed by atoms with Crippen LogP contribution in [0.25, 0.3) is 0 Å². The van der Waals surface area contributed by atoms with Gasteiger partial charge < -0.3 is 4.90 Å². The van der Waals surface area contributed by atoms with Crippen LogP contribution in [0.3, 0.4) is 0 Å². The number of hydrogen-bond donors (Lipinski definition) is 0. The Morgan fingerprint density at radius 1 is 0.941 bits per heavy atom. The van der Waals surface area contributed by atoms with Crippen molar-refractivity contribution >= 4 is 19.8 Å². The zero-order valence-electron chi connectivity index (χ0n) is 11.9. The van der Waals surface area contributed by atoms with Crippen molar-refractivity contribution in [2.45, 2.75) is 43.5 Å². The van der Waals surface area contributed by atoms with Crippen molar-refractivity contribution in [3.63, 3.8) is 0 Å². The van der Waals surface area contributed by atoms with Crippen LogP contribution in [0.2, 0.25) is 10.6 Å². The van der Waals surface area contributed by atoms with Crippen LogP contribution in [0.4, 0.5) is 5.69 Å². The maximum atomic E-state index is 2.48. The first-order valence-electron chi connectivity index (χ1n) is 7.09. The summed E-state index contributed by atoms with van der Waals surface area (Å²) in [6.45, 7) is 11.4. The smallest absolute Gasteiger partial charge is 0.266 e. The molecule has 1 aromatic carbocycles. The topological polar surface area (TPSA) is 3.24 Å². The van der Waals surface area contributed by atoms with Gasteiger partial charge in [0.1, 0.15) is 0 Å². The zero-order valence-corrected chi connectivity index (χ0v) is 13.0. The molecule has 0 fully saturated rings. The van der Waals surface area contributed by atoms with Crippen LogP contribution in [0.15, 0.2) is 24.3 Å². The average molecular weight is 247 g/mol. The molecule has 1 aromatic rings. The van der Waals surface area contributed by atoms with Crippen LogP contribution in [0, 0.1) is 0 Å². The van der Waals surface area contributed by atoms with Crippen LogP contribution in [0.1, 0.15) is 33.3 Å². The molecule has 2 heteroatoms. The molecule has 0 spiro atoms. The lowest BCUT2D eigenvalue weighted by molar-refractivity contribution is 0.860. The van der Waals surface area contributed by atoms with Crippen LogP contribution in [0.5, 0.6) is 0 Å². The second kappa shape index (κ2) is 7.80. The minimum Gasteiger partial charge on any atom is -0.372 e. The van der Waals surface area contributed by atoms with E-state index in [9.17, 15) is 0 Å². The third kappa shape index (κ3) is 4.05. The van der Waals surface area contributed by atoms with Crippen molar-refractivity contribution in [2.24, 2.45) is 0 Å².